The van der Waals surface area contributed by atoms with E-state index in [1.54, 1.807) is 0 Å². The summed E-state index contributed by atoms with van der Waals surface area (Å²) < 4.78 is 0. The number of benzene rings is 1. The minimum atomic E-state index is 0.809. The Hall–Kier alpha value is -2.14. The highest BCUT2D eigenvalue weighted by Gasteiger charge is 2.20. The third kappa shape index (κ3) is 4.10. The second kappa shape index (κ2) is 7.40. The molecule has 0 bridgehead atoms. The standard InChI is InChI=1S/C20H26N4S/c1-14-12-16(3)18(13-15(14)2)22-20(25)24-10-8-23(9-11-24)19-7-5-6-17(4)21-19/h5-7,12-13H,8-11H2,1-4H3,(H,22,25). The van der Waals surface area contributed by atoms with Crippen LogP contribution < -0.4 is 10.2 Å². The molecule has 0 radical (unpaired) electrons. The summed E-state index contributed by atoms with van der Waals surface area (Å²) in [6, 6.07) is 10.6. The Morgan fingerprint density at radius 2 is 1.64 bits per heavy atom. The zero-order valence-electron chi connectivity index (χ0n) is 15.5. The van der Waals surface area contributed by atoms with Gasteiger partial charge in [0.25, 0.3) is 0 Å². The van der Waals surface area contributed by atoms with E-state index in [4.69, 9.17) is 12.2 Å². The summed E-state index contributed by atoms with van der Waals surface area (Å²) in [5.41, 5.74) is 5.99. The van der Waals surface area contributed by atoms with Crippen molar-refractivity contribution in [3.8, 4) is 0 Å². The summed E-state index contributed by atoms with van der Waals surface area (Å²) in [6.07, 6.45) is 0. The minimum absolute atomic E-state index is 0.809. The van der Waals surface area contributed by atoms with Gasteiger partial charge in [0, 0.05) is 37.6 Å². The Labute approximate surface area is 155 Å². The summed E-state index contributed by atoms with van der Waals surface area (Å²) in [5, 5.41) is 4.24. The molecule has 0 aliphatic carbocycles. The lowest BCUT2D eigenvalue weighted by Crippen LogP contribution is -2.50. The van der Waals surface area contributed by atoms with Crippen molar-refractivity contribution in [1.82, 2.24) is 9.88 Å². The molecule has 1 fully saturated rings. The molecule has 0 spiro atoms. The van der Waals surface area contributed by atoms with Crippen LogP contribution in [-0.2, 0) is 0 Å². The van der Waals surface area contributed by atoms with Gasteiger partial charge >= 0.3 is 0 Å². The van der Waals surface area contributed by atoms with E-state index in [0.29, 0.717) is 0 Å². The third-order valence-corrected chi connectivity index (χ3v) is 5.21. The molecule has 1 aliphatic rings. The number of piperazine rings is 1. The number of anilines is 2. The maximum absolute atomic E-state index is 5.65. The van der Waals surface area contributed by atoms with Gasteiger partial charge in [-0.2, -0.15) is 0 Å². The molecule has 25 heavy (non-hydrogen) atoms. The smallest absolute Gasteiger partial charge is 0.173 e. The van der Waals surface area contributed by atoms with E-state index < -0.39 is 0 Å². The Morgan fingerprint density at radius 3 is 2.32 bits per heavy atom. The third-order valence-electron chi connectivity index (χ3n) is 4.85. The van der Waals surface area contributed by atoms with Crippen LogP contribution in [0.5, 0.6) is 0 Å². The van der Waals surface area contributed by atoms with Crippen LogP contribution in [-0.4, -0.2) is 41.2 Å². The molecule has 132 valence electrons. The van der Waals surface area contributed by atoms with E-state index in [1.165, 1.54) is 16.7 Å². The van der Waals surface area contributed by atoms with E-state index in [-0.39, 0.29) is 0 Å². The summed E-state index contributed by atoms with van der Waals surface area (Å²) in [5.74, 6) is 1.06. The fraction of sp³-hybridized carbons (Fsp3) is 0.400. The number of nitrogens with one attached hydrogen (secondary N) is 1. The number of aryl methyl sites for hydroxylation is 4. The van der Waals surface area contributed by atoms with Gasteiger partial charge in [0.1, 0.15) is 5.82 Å². The predicted molar refractivity (Wildman–Crippen MR) is 110 cm³/mol. The molecule has 0 unspecified atom stereocenters. The van der Waals surface area contributed by atoms with Crippen molar-refractivity contribution >= 4 is 28.8 Å². The highest BCUT2D eigenvalue weighted by molar-refractivity contribution is 7.80. The minimum Gasteiger partial charge on any atom is -0.353 e. The average molecular weight is 355 g/mol. The van der Waals surface area contributed by atoms with Crippen LogP contribution in [0.25, 0.3) is 0 Å². The first-order valence-electron chi connectivity index (χ1n) is 8.76. The van der Waals surface area contributed by atoms with Crippen LogP contribution in [0.4, 0.5) is 11.5 Å². The number of hydrogen-bond donors (Lipinski definition) is 1. The number of thiocarbonyl (C=S) groups is 1. The van der Waals surface area contributed by atoms with Crippen LogP contribution in [0.3, 0.4) is 0 Å². The maximum atomic E-state index is 5.65. The Bertz CT molecular complexity index is 779. The molecule has 1 N–H and O–H groups in total. The molecule has 0 amide bonds. The topological polar surface area (TPSA) is 31.4 Å². The molecule has 0 atom stereocenters. The van der Waals surface area contributed by atoms with Crippen molar-refractivity contribution in [1.29, 1.82) is 0 Å². The van der Waals surface area contributed by atoms with Crippen molar-refractivity contribution < 1.29 is 0 Å². The summed E-state index contributed by atoms with van der Waals surface area (Å²) in [6.45, 7) is 12.1. The molecule has 2 aromatic rings. The number of aromatic nitrogens is 1. The maximum Gasteiger partial charge on any atom is 0.173 e. The van der Waals surface area contributed by atoms with E-state index >= 15 is 0 Å². The lowest BCUT2D eigenvalue weighted by atomic mass is 10.1. The van der Waals surface area contributed by atoms with Gasteiger partial charge in [-0.1, -0.05) is 12.1 Å². The van der Waals surface area contributed by atoms with Gasteiger partial charge in [-0.3, -0.25) is 0 Å². The van der Waals surface area contributed by atoms with Crippen molar-refractivity contribution in [2.24, 2.45) is 0 Å². The van der Waals surface area contributed by atoms with E-state index in [0.717, 1.165) is 48.5 Å². The highest BCUT2D eigenvalue weighted by Crippen LogP contribution is 2.21. The van der Waals surface area contributed by atoms with Gasteiger partial charge in [0.2, 0.25) is 0 Å². The second-order valence-electron chi connectivity index (χ2n) is 6.79. The van der Waals surface area contributed by atoms with Crippen LogP contribution >= 0.6 is 12.2 Å². The second-order valence-corrected chi connectivity index (χ2v) is 7.18. The quantitative estimate of drug-likeness (QED) is 0.829. The van der Waals surface area contributed by atoms with Crippen LogP contribution in [0.2, 0.25) is 0 Å². The van der Waals surface area contributed by atoms with Gasteiger partial charge in [0.05, 0.1) is 0 Å². The zero-order chi connectivity index (χ0) is 18.0. The van der Waals surface area contributed by atoms with Crippen molar-refractivity contribution in [3.05, 3.63) is 52.7 Å². The molecule has 0 saturated carbocycles. The Morgan fingerprint density at radius 1 is 0.960 bits per heavy atom. The van der Waals surface area contributed by atoms with E-state index in [2.05, 4.69) is 65.1 Å². The van der Waals surface area contributed by atoms with Gasteiger partial charge in [-0.15, -0.1) is 0 Å². The zero-order valence-corrected chi connectivity index (χ0v) is 16.3. The molecule has 1 saturated heterocycles. The molecular formula is C20H26N4S. The molecule has 1 aromatic heterocycles. The van der Waals surface area contributed by atoms with Gasteiger partial charge < -0.3 is 15.1 Å². The lowest BCUT2D eigenvalue weighted by molar-refractivity contribution is 0.389. The molecule has 2 heterocycles. The largest absolute Gasteiger partial charge is 0.353 e. The van der Waals surface area contributed by atoms with E-state index in [9.17, 15) is 0 Å². The summed E-state index contributed by atoms with van der Waals surface area (Å²) >= 11 is 5.65. The predicted octanol–water partition coefficient (Wildman–Crippen LogP) is 3.83. The highest BCUT2D eigenvalue weighted by atomic mass is 32.1. The summed E-state index contributed by atoms with van der Waals surface area (Å²) in [4.78, 5) is 9.20. The fourth-order valence-electron chi connectivity index (χ4n) is 3.13. The first kappa shape index (κ1) is 17.7. The first-order valence-corrected chi connectivity index (χ1v) is 9.17. The van der Waals surface area contributed by atoms with Crippen molar-refractivity contribution in [3.63, 3.8) is 0 Å². The van der Waals surface area contributed by atoms with Crippen molar-refractivity contribution in [2.45, 2.75) is 27.7 Å². The monoisotopic (exact) mass is 354 g/mol. The number of nitrogens with zero attached hydrogens (tertiary/aromatic N) is 3. The summed E-state index contributed by atoms with van der Waals surface area (Å²) in [7, 11) is 0. The lowest BCUT2D eigenvalue weighted by Gasteiger charge is -2.37. The Balaban J connectivity index is 1.61. The van der Waals surface area contributed by atoms with E-state index in [1.807, 2.05) is 13.0 Å². The van der Waals surface area contributed by atoms with Gasteiger partial charge in [-0.05, 0) is 74.8 Å². The first-order chi connectivity index (χ1) is 11.9. The molecule has 3 rings (SSSR count). The van der Waals surface area contributed by atoms with Gasteiger partial charge in [-0.25, -0.2) is 4.98 Å². The van der Waals surface area contributed by atoms with Crippen LogP contribution in [0, 0.1) is 27.7 Å². The molecule has 5 heteroatoms. The number of pyridine rings is 1. The molecule has 4 nitrogen and oxygen atoms in total. The molecular weight excluding hydrogens is 328 g/mol. The number of rotatable bonds is 2. The van der Waals surface area contributed by atoms with Crippen molar-refractivity contribution in [2.75, 3.05) is 36.4 Å². The van der Waals surface area contributed by atoms with Gasteiger partial charge in [0.15, 0.2) is 5.11 Å². The average Bonchev–Trinajstić information content (AvgIpc) is 2.60. The van der Waals surface area contributed by atoms with Crippen LogP contribution in [0.1, 0.15) is 22.4 Å². The molecule has 1 aromatic carbocycles. The fourth-order valence-corrected chi connectivity index (χ4v) is 3.43. The SMILES string of the molecule is Cc1cccc(N2CCN(C(=S)Nc3cc(C)c(C)cc3C)CC2)n1. The normalized spacial score (nSPS) is 14.6. The molecule has 1 aliphatic heterocycles. The number of hydrogen-bond acceptors (Lipinski definition) is 3. The Kier molecular flexibility index (Phi) is 5.23. The van der Waals surface area contributed by atoms with Crippen LogP contribution in [0.15, 0.2) is 30.3 Å².